The van der Waals surface area contributed by atoms with Crippen molar-refractivity contribution in [1.29, 1.82) is 0 Å². The maximum Gasteiger partial charge on any atom is 0.230 e. The largest absolute Gasteiger partial charge is 0.494 e. The third kappa shape index (κ3) is 6.17. The molecule has 0 aliphatic rings. The Morgan fingerprint density at radius 3 is 2.43 bits per heavy atom. The third-order valence-electron chi connectivity index (χ3n) is 4.96. The summed E-state index contributed by atoms with van der Waals surface area (Å²) in [7, 11) is 0. The predicted octanol–water partition coefficient (Wildman–Crippen LogP) is 4.55. The number of amides is 1. The molecule has 0 unspecified atom stereocenters. The number of aromatic nitrogens is 3. The second-order valence-electron chi connectivity index (χ2n) is 8.05. The first-order valence-corrected chi connectivity index (χ1v) is 10.4. The Labute approximate surface area is 178 Å². The number of rotatable bonds is 9. The molecular weight excluding hydrogens is 376 g/mol. The number of carbonyl (C=O) groups excluding carboxylic acids is 1. The molecule has 6 nitrogen and oxygen atoms in total. The molecule has 0 aliphatic carbocycles. The number of nitrogens with zero attached hydrogens (tertiary/aromatic N) is 3. The van der Waals surface area contributed by atoms with Gasteiger partial charge in [0.25, 0.3) is 0 Å². The molecule has 0 fully saturated rings. The summed E-state index contributed by atoms with van der Waals surface area (Å²) in [4.78, 5) is 12.5. The summed E-state index contributed by atoms with van der Waals surface area (Å²) in [6.45, 7) is 9.68. The Hall–Kier alpha value is -3.15. The lowest BCUT2D eigenvalue weighted by atomic mass is 10.1. The number of nitrogens with one attached hydrogen (secondary N) is 1. The van der Waals surface area contributed by atoms with Gasteiger partial charge >= 0.3 is 0 Å². The molecular formula is C24H30N4O2. The zero-order valence-electron chi connectivity index (χ0n) is 18.2. The van der Waals surface area contributed by atoms with Gasteiger partial charge in [0.15, 0.2) is 0 Å². The fraction of sp³-hybridized carbons (Fsp3) is 0.375. The van der Waals surface area contributed by atoms with Crippen molar-refractivity contribution in [2.75, 3.05) is 11.9 Å². The lowest BCUT2D eigenvalue weighted by molar-refractivity contribution is -0.115. The summed E-state index contributed by atoms with van der Waals surface area (Å²) in [6, 6.07) is 15.8. The quantitative estimate of drug-likeness (QED) is 0.566. The van der Waals surface area contributed by atoms with E-state index in [0.29, 0.717) is 24.8 Å². The zero-order chi connectivity index (χ0) is 21.5. The van der Waals surface area contributed by atoms with Gasteiger partial charge in [0, 0.05) is 5.69 Å². The smallest absolute Gasteiger partial charge is 0.230 e. The highest BCUT2D eigenvalue weighted by Crippen LogP contribution is 2.17. The Morgan fingerprint density at radius 2 is 1.77 bits per heavy atom. The minimum absolute atomic E-state index is 0.117. The molecule has 3 rings (SSSR count). The molecule has 1 aromatic heterocycles. The Kier molecular flexibility index (Phi) is 7.22. The maximum atomic E-state index is 12.5. The van der Waals surface area contributed by atoms with E-state index in [-0.39, 0.29) is 12.3 Å². The number of hydrogen-bond acceptors (Lipinski definition) is 4. The highest BCUT2D eigenvalue weighted by Gasteiger charge is 2.13. The fourth-order valence-electron chi connectivity index (χ4n) is 2.98. The second kappa shape index (κ2) is 10.1. The number of benzene rings is 2. The zero-order valence-corrected chi connectivity index (χ0v) is 18.2. The molecule has 1 N–H and O–H groups in total. The van der Waals surface area contributed by atoms with Gasteiger partial charge in [-0.05, 0) is 56.0 Å². The molecule has 0 radical (unpaired) electrons. The van der Waals surface area contributed by atoms with Crippen LogP contribution in [0.15, 0.2) is 48.5 Å². The monoisotopic (exact) mass is 406 g/mol. The summed E-state index contributed by atoms with van der Waals surface area (Å²) in [5, 5.41) is 11.3. The van der Waals surface area contributed by atoms with Gasteiger partial charge < -0.3 is 10.1 Å². The van der Waals surface area contributed by atoms with Crippen LogP contribution in [0.25, 0.3) is 0 Å². The second-order valence-corrected chi connectivity index (χ2v) is 8.05. The summed E-state index contributed by atoms with van der Waals surface area (Å²) in [5.74, 6) is 1.30. The van der Waals surface area contributed by atoms with Crippen LogP contribution in [0.5, 0.6) is 5.75 Å². The van der Waals surface area contributed by atoms with Gasteiger partial charge in [0.05, 0.1) is 31.0 Å². The van der Waals surface area contributed by atoms with E-state index >= 15 is 0 Å². The van der Waals surface area contributed by atoms with Crippen LogP contribution >= 0.6 is 0 Å². The topological polar surface area (TPSA) is 69.0 Å². The van der Waals surface area contributed by atoms with Crippen LogP contribution in [-0.4, -0.2) is 27.5 Å². The molecule has 30 heavy (non-hydrogen) atoms. The highest BCUT2D eigenvalue weighted by molar-refractivity contribution is 5.92. The molecule has 1 amide bonds. The van der Waals surface area contributed by atoms with E-state index in [1.54, 1.807) is 0 Å². The van der Waals surface area contributed by atoms with E-state index in [9.17, 15) is 4.79 Å². The minimum Gasteiger partial charge on any atom is -0.494 e. The van der Waals surface area contributed by atoms with Crippen molar-refractivity contribution in [3.05, 3.63) is 71.0 Å². The van der Waals surface area contributed by atoms with Crippen molar-refractivity contribution in [3.8, 4) is 5.75 Å². The van der Waals surface area contributed by atoms with Crippen LogP contribution in [0, 0.1) is 19.8 Å². The number of aryl methyl sites for hydroxylation is 1. The first-order valence-electron chi connectivity index (χ1n) is 10.4. The van der Waals surface area contributed by atoms with Gasteiger partial charge in [-0.15, -0.1) is 5.10 Å². The normalized spacial score (nSPS) is 11.0. The van der Waals surface area contributed by atoms with Gasteiger partial charge in [-0.2, -0.15) is 0 Å². The first kappa shape index (κ1) is 21.6. The number of hydrogen-bond donors (Lipinski definition) is 1. The standard InChI is InChI=1S/C24H30N4O2/c1-17(2)13-14-30-22-11-9-21(10-12-22)25-24(29)15-23-19(4)28(27-26-23)16-20-7-5-18(3)6-8-20/h5-12,17H,13-16H2,1-4H3,(H,25,29). The molecule has 3 aromatic rings. The average molecular weight is 407 g/mol. The molecule has 1 heterocycles. The van der Waals surface area contributed by atoms with Crippen LogP contribution < -0.4 is 10.1 Å². The number of ether oxygens (including phenoxy) is 1. The molecule has 0 aliphatic heterocycles. The minimum atomic E-state index is -0.117. The van der Waals surface area contributed by atoms with E-state index in [2.05, 4.69) is 60.7 Å². The molecule has 158 valence electrons. The van der Waals surface area contributed by atoms with Crippen molar-refractivity contribution in [3.63, 3.8) is 0 Å². The van der Waals surface area contributed by atoms with E-state index in [1.165, 1.54) is 5.56 Å². The van der Waals surface area contributed by atoms with Gasteiger partial charge in [0.2, 0.25) is 5.91 Å². The SMILES string of the molecule is Cc1ccc(Cn2nnc(CC(=O)Nc3ccc(OCCC(C)C)cc3)c2C)cc1. The summed E-state index contributed by atoms with van der Waals surface area (Å²) >= 11 is 0. The molecule has 6 heteroatoms. The van der Waals surface area contributed by atoms with Gasteiger partial charge in [-0.3, -0.25) is 4.79 Å². The van der Waals surface area contributed by atoms with Crippen LogP contribution in [0.3, 0.4) is 0 Å². The van der Waals surface area contributed by atoms with Crippen LogP contribution in [0.2, 0.25) is 0 Å². The van der Waals surface area contributed by atoms with Crippen molar-refractivity contribution in [2.45, 2.75) is 47.1 Å². The summed E-state index contributed by atoms with van der Waals surface area (Å²) in [5.41, 5.74) is 4.70. The van der Waals surface area contributed by atoms with E-state index in [0.717, 1.165) is 29.1 Å². The maximum absolute atomic E-state index is 12.5. The van der Waals surface area contributed by atoms with Crippen molar-refractivity contribution in [2.24, 2.45) is 5.92 Å². The van der Waals surface area contributed by atoms with Gasteiger partial charge in [0.1, 0.15) is 5.75 Å². The fourth-order valence-corrected chi connectivity index (χ4v) is 2.98. The number of carbonyl (C=O) groups is 1. The summed E-state index contributed by atoms with van der Waals surface area (Å²) < 4.78 is 7.54. The Balaban J connectivity index is 1.53. The van der Waals surface area contributed by atoms with E-state index < -0.39 is 0 Å². The average Bonchev–Trinajstić information content (AvgIpc) is 3.04. The lowest BCUT2D eigenvalue weighted by Gasteiger charge is -2.09. The van der Waals surface area contributed by atoms with Crippen molar-refractivity contribution >= 4 is 11.6 Å². The van der Waals surface area contributed by atoms with Crippen LogP contribution in [-0.2, 0) is 17.8 Å². The van der Waals surface area contributed by atoms with Gasteiger partial charge in [-0.25, -0.2) is 4.68 Å². The molecule has 0 spiro atoms. The first-order chi connectivity index (χ1) is 14.4. The Morgan fingerprint density at radius 1 is 1.07 bits per heavy atom. The molecule has 2 aromatic carbocycles. The molecule has 0 bridgehead atoms. The van der Waals surface area contributed by atoms with Crippen LogP contribution in [0.1, 0.15) is 42.8 Å². The Bertz CT molecular complexity index is 960. The lowest BCUT2D eigenvalue weighted by Crippen LogP contribution is -2.15. The van der Waals surface area contributed by atoms with Gasteiger partial charge in [-0.1, -0.05) is 48.9 Å². The molecule has 0 atom stereocenters. The predicted molar refractivity (Wildman–Crippen MR) is 119 cm³/mol. The van der Waals surface area contributed by atoms with E-state index in [1.807, 2.05) is 35.9 Å². The van der Waals surface area contributed by atoms with E-state index in [4.69, 9.17) is 4.74 Å². The van der Waals surface area contributed by atoms with Crippen molar-refractivity contribution in [1.82, 2.24) is 15.0 Å². The highest BCUT2D eigenvalue weighted by atomic mass is 16.5. The third-order valence-corrected chi connectivity index (χ3v) is 4.96. The molecule has 0 saturated heterocycles. The van der Waals surface area contributed by atoms with Crippen molar-refractivity contribution < 1.29 is 9.53 Å². The molecule has 0 saturated carbocycles. The van der Waals surface area contributed by atoms with Crippen LogP contribution in [0.4, 0.5) is 5.69 Å². The summed E-state index contributed by atoms with van der Waals surface area (Å²) in [6.07, 6.45) is 1.20. The number of anilines is 1.